The fraction of sp³-hybridized carbons (Fsp3) is 0.381. The van der Waals surface area contributed by atoms with Crippen LogP contribution in [0.15, 0.2) is 30.3 Å². The zero-order valence-corrected chi connectivity index (χ0v) is 16.1. The van der Waals surface area contributed by atoms with Gasteiger partial charge in [0.05, 0.1) is 18.6 Å². The van der Waals surface area contributed by atoms with Crippen molar-refractivity contribution in [2.45, 2.75) is 43.0 Å². The van der Waals surface area contributed by atoms with E-state index in [0.29, 0.717) is 5.56 Å². The molecule has 2 aromatic carbocycles. The van der Waals surface area contributed by atoms with E-state index >= 15 is 0 Å². The molecule has 2 aromatic rings. The number of carbonyl (C=O) groups is 1. The predicted octanol–water partition coefficient (Wildman–Crippen LogP) is 0.0248. The van der Waals surface area contributed by atoms with E-state index in [9.17, 15) is 40.5 Å². The number of hydrogen-bond acceptors (Lipinski definition) is 10. The first-order chi connectivity index (χ1) is 14.7. The number of ether oxygens (including phenoxy) is 2. The minimum absolute atomic E-state index is 0.0470. The summed E-state index contributed by atoms with van der Waals surface area (Å²) in [5.41, 5.74) is 0.0178. The molecular formula is C21H22O10. The number of phenols is 3. The first kappa shape index (κ1) is 21.3. The van der Waals surface area contributed by atoms with E-state index in [2.05, 4.69) is 0 Å². The van der Waals surface area contributed by atoms with Gasteiger partial charge in [0.1, 0.15) is 65.2 Å². The molecule has 4 rings (SSSR count). The van der Waals surface area contributed by atoms with E-state index in [-0.39, 0.29) is 29.0 Å². The third-order valence-electron chi connectivity index (χ3n) is 5.64. The molecule has 0 aromatic heterocycles. The number of phenolic OH excluding ortho intramolecular Hbond substituents is 3. The molecule has 6 atom stereocenters. The summed E-state index contributed by atoms with van der Waals surface area (Å²) in [6.07, 6.45) is -8.72. The van der Waals surface area contributed by atoms with Crippen molar-refractivity contribution < 1.29 is 50.0 Å². The summed E-state index contributed by atoms with van der Waals surface area (Å²) in [5, 5.41) is 70.4. The van der Waals surface area contributed by atoms with Gasteiger partial charge in [-0.1, -0.05) is 12.1 Å². The average molecular weight is 434 g/mol. The fourth-order valence-corrected chi connectivity index (χ4v) is 3.97. The number of hydrogen-bond donors (Lipinski definition) is 7. The van der Waals surface area contributed by atoms with Crippen LogP contribution in [0.5, 0.6) is 23.0 Å². The molecule has 0 spiro atoms. The van der Waals surface area contributed by atoms with Gasteiger partial charge in [-0.05, 0) is 17.7 Å². The van der Waals surface area contributed by atoms with Gasteiger partial charge in [-0.15, -0.1) is 0 Å². The number of aromatic hydroxyl groups is 3. The maximum absolute atomic E-state index is 12.8. The van der Waals surface area contributed by atoms with Gasteiger partial charge in [0.2, 0.25) is 0 Å². The van der Waals surface area contributed by atoms with Crippen molar-refractivity contribution in [2.24, 2.45) is 0 Å². The molecule has 0 amide bonds. The summed E-state index contributed by atoms with van der Waals surface area (Å²) >= 11 is 0. The van der Waals surface area contributed by atoms with Crippen molar-refractivity contribution in [1.82, 2.24) is 0 Å². The monoisotopic (exact) mass is 434 g/mol. The largest absolute Gasteiger partial charge is 0.508 e. The van der Waals surface area contributed by atoms with Gasteiger partial charge in [0.25, 0.3) is 0 Å². The lowest BCUT2D eigenvalue weighted by Gasteiger charge is -2.40. The van der Waals surface area contributed by atoms with Crippen LogP contribution in [0.3, 0.4) is 0 Å². The van der Waals surface area contributed by atoms with Crippen LogP contribution < -0.4 is 4.74 Å². The maximum atomic E-state index is 12.8. The third kappa shape index (κ3) is 3.58. The Hall–Kier alpha value is -2.89. The molecule has 2 heterocycles. The molecule has 10 nitrogen and oxygen atoms in total. The first-order valence-corrected chi connectivity index (χ1v) is 9.61. The SMILES string of the molecule is O=C1C[C@H](c2ccc(O)cc2)Oc2cc(O)c([C@@H]3O[C@@H](CO)[C@@H](O)[C@@H](O)[C@H]3O)c(O)c21. The number of aliphatic hydroxyl groups is 4. The lowest BCUT2D eigenvalue weighted by atomic mass is 9.87. The molecule has 0 bridgehead atoms. The number of rotatable bonds is 3. The van der Waals surface area contributed by atoms with Crippen LogP contribution in [0.25, 0.3) is 0 Å². The highest BCUT2D eigenvalue weighted by atomic mass is 16.5. The van der Waals surface area contributed by atoms with Crippen LogP contribution in [-0.4, -0.2) is 72.6 Å². The standard InChI is InChI=1S/C21H22O10/c22-7-14-17(26)19(28)20(29)21(31-14)16-11(25)6-13-15(18(16)27)10(24)5-12(30-13)8-1-3-9(23)4-2-8/h1-4,6,12,14,17,19-23,25-29H,5,7H2/t12-,14+,17-,19-,20-,21+/m1/s1. The van der Waals surface area contributed by atoms with Gasteiger partial charge in [0.15, 0.2) is 5.78 Å². The van der Waals surface area contributed by atoms with Crippen molar-refractivity contribution in [3.05, 3.63) is 47.0 Å². The van der Waals surface area contributed by atoms with E-state index in [1.807, 2.05) is 0 Å². The van der Waals surface area contributed by atoms with Gasteiger partial charge in [-0.3, -0.25) is 4.79 Å². The Bertz CT molecular complexity index is 987. The summed E-state index contributed by atoms with van der Waals surface area (Å²) in [4.78, 5) is 12.8. The van der Waals surface area contributed by atoms with Crippen LogP contribution >= 0.6 is 0 Å². The van der Waals surface area contributed by atoms with Crippen molar-refractivity contribution in [1.29, 1.82) is 0 Å². The smallest absolute Gasteiger partial charge is 0.174 e. The molecule has 0 saturated carbocycles. The van der Waals surface area contributed by atoms with Crippen LogP contribution in [0.1, 0.15) is 40.1 Å². The summed E-state index contributed by atoms with van der Waals surface area (Å²) < 4.78 is 11.2. The molecule has 10 heteroatoms. The lowest BCUT2D eigenvalue weighted by molar-refractivity contribution is -0.232. The highest BCUT2D eigenvalue weighted by Crippen LogP contribution is 2.49. The zero-order chi connectivity index (χ0) is 22.4. The second kappa shape index (κ2) is 7.98. The minimum Gasteiger partial charge on any atom is -0.508 e. The highest BCUT2D eigenvalue weighted by Gasteiger charge is 2.47. The zero-order valence-electron chi connectivity index (χ0n) is 16.1. The number of fused-ring (bicyclic) bond motifs is 1. The molecule has 0 unspecified atom stereocenters. The molecule has 31 heavy (non-hydrogen) atoms. The van der Waals surface area contributed by atoms with Crippen LogP contribution in [0, 0.1) is 0 Å². The minimum atomic E-state index is -1.75. The van der Waals surface area contributed by atoms with Gasteiger partial charge in [-0.2, -0.15) is 0 Å². The molecule has 1 fully saturated rings. The van der Waals surface area contributed by atoms with Crippen molar-refractivity contribution in [3.8, 4) is 23.0 Å². The van der Waals surface area contributed by atoms with E-state index < -0.39 is 60.5 Å². The Morgan fingerprint density at radius 3 is 2.29 bits per heavy atom. The molecule has 7 N–H and O–H groups in total. The summed E-state index contributed by atoms with van der Waals surface area (Å²) in [6, 6.07) is 7.14. The Labute approximate surface area is 176 Å². The predicted molar refractivity (Wildman–Crippen MR) is 103 cm³/mol. The lowest BCUT2D eigenvalue weighted by Crippen LogP contribution is -2.55. The topological polar surface area (TPSA) is 177 Å². The Morgan fingerprint density at radius 1 is 0.968 bits per heavy atom. The van der Waals surface area contributed by atoms with Gasteiger partial charge < -0.3 is 45.2 Å². The highest BCUT2D eigenvalue weighted by molar-refractivity contribution is 6.03. The van der Waals surface area contributed by atoms with Crippen molar-refractivity contribution >= 4 is 5.78 Å². The molecule has 2 aliphatic heterocycles. The Morgan fingerprint density at radius 2 is 1.65 bits per heavy atom. The number of carbonyl (C=O) groups excluding carboxylic acids is 1. The molecule has 0 aliphatic carbocycles. The molecular weight excluding hydrogens is 412 g/mol. The average Bonchev–Trinajstić information content (AvgIpc) is 2.73. The molecule has 1 saturated heterocycles. The molecule has 166 valence electrons. The molecule has 0 radical (unpaired) electrons. The number of Topliss-reactive ketones (excluding diaryl/α,β-unsaturated/α-hetero) is 1. The van der Waals surface area contributed by atoms with E-state index in [4.69, 9.17) is 9.47 Å². The van der Waals surface area contributed by atoms with Gasteiger partial charge >= 0.3 is 0 Å². The van der Waals surface area contributed by atoms with Crippen LogP contribution in [0.2, 0.25) is 0 Å². The Balaban J connectivity index is 1.72. The van der Waals surface area contributed by atoms with Gasteiger partial charge in [-0.25, -0.2) is 0 Å². The first-order valence-electron chi connectivity index (χ1n) is 9.61. The van der Waals surface area contributed by atoms with E-state index in [1.165, 1.54) is 12.1 Å². The Kier molecular flexibility index (Phi) is 5.50. The summed E-state index contributed by atoms with van der Waals surface area (Å²) in [6.45, 7) is -0.690. The second-order valence-electron chi connectivity index (χ2n) is 7.61. The van der Waals surface area contributed by atoms with Gasteiger partial charge in [0, 0.05) is 6.07 Å². The van der Waals surface area contributed by atoms with Crippen molar-refractivity contribution in [2.75, 3.05) is 6.61 Å². The van der Waals surface area contributed by atoms with Crippen LogP contribution in [-0.2, 0) is 4.74 Å². The third-order valence-corrected chi connectivity index (χ3v) is 5.64. The number of aliphatic hydroxyl groups excluding tert-OH is 4. The second-order valence-corrected chi connectivity index (χ2v) is 7.61. The summed E-state index contributed by atoms with van der Waals surface area (Å²) in [5.74, 6) is -1.79. The van der Waals surface area contributed by atoms with E-state index in [0.717, 1.165) is 6.07 Å². The molecule has 2 aliphatic rings. The number of benzene rings is 2. The van der Waals surface area contributed by atoms with E-state index in [1.54, 1.807) is 12.1 Å². The number of ketones is 1. The fourth-order valence-electron chi connectivity index (χ4n) is 3.97. The van der Waals surface area contributed by atoms with Crippen molar-refractivity contribution in [3.63, 3.8) is 0 Å². The maximum Gasteiger partial charge on any atom is 0.174 e. The van der Waals surface area contributed by atoms with Crippen LogP contribution in [0.4, 0.5) is 0 Å². The summed E-state index contributed by atoms with van der Waals surface area (Å²) in [7, 11) is 0. The quantitative estimate of drug-likeness (QED) is 0.348. The normalized spacial score (nSPS) is 30.5.